The van der Waals surface area contributed by atoms with E-state index in [0.717, 1.165) is 0 Å². The molecule has 0 saturated heterocycles. The first-order valence-electron chi connectivity index (χ1n) is 5.12. The smallest absolute Gasteiger partial charge is 0.337 e. The maximum atomic E-state index is 11.4. The SMILES string of the molecule is COC(=O)c1cccc(-c2ccc(C(=O)[O-])o2)c1. The number of furan rings is 1. The quantitative estimate of drug-likeness (QED) is 0.756. The molecule has 0 aliphatic heterocycles. The molecule has 0 unspecified atom stereocenters. The number of carboxylic acids is 1. The van der Waals surface area contributed by atoms with Crippen LogP contribution >= 0.6 is 0 Å². The Kier molecular flexibility index (Phi) is 3.14. The van der Waals surface area contributed by atoms with Gasteiger partial charge in [0.2, 0.25) is 0 Å². The Balaban J connectivity index is 2.38. The molecule has 0 bridgehead atoms. The van der Waals surface area contributed by atoms with E-state index in [-0.39, 0.29) is 5.76 Å². The average molecular weight is 245 g/mol. The van der Waals surface area contributed by atoms with E-state index in [9.17, 15) is 14.7 Å². The number of benzene rings is 1. The predicted octanol–water partition coefficient (Wildman–Crippen LogP) is 1.10. The molecule has 0 amide bonds. The average Bonchev–Trinajstić information content (AvgIpc) is 2.88. The van der Waals surface area contributed by atoms with E-state index in [1.54, 1.807) is 24.3 Å². The Labute approximate surface area is 103 Å². The molecule has 0 fully saturated rings. The highest BCUT2D eigenvalue weighted by atomic mass is 16.5. The van der Waals surface area contributed by atoms with Crippen LogP contribution in [0.3, 0.4) is 0 Å². The van der Waals surface area contributed by atoms with Crippen LogP contribution in [0.25, 0.3) is 11.3 Å². The van der Waals surface area contributed by atoms with Gasteiger partial charge in [-0.2, -0.15) is 0 Å². The van der Waals surface area contributed by atoms with E-state index in [1.807, 2.05) is 0 Å². The first-order chi connectivity index (χ1) is 8.61. The molecule has 0 aliphatic carbocycles. The predicted molar refractivity (Wildman–Crippen MR) is 59.8 cm³/mol. The van der Waals surface area contributed by atoms with E-state index >= 15 is 0 Å². The van der Waals surface area contributed by atoms with Crippen LogP contribution in [0.1, 0.15) is 20.9 Å². The van der Waals surface area contributed by atoms with Crippen molar-refractivity contribution in [2.75, 3.05) is 7.11 Å². The summed E-state index contributed by atoms with van der Waals surface area (Å²) in [6, 6.07) is 9.31. The zero-order chi connectivity index (χ0) is 13.1. The van der Waals surface area contributed by atoms with Gasteiger partial charge in [-0.3, -0.25) is 0 Å². The van der Waals surface area contributed by atoms with Crippen LogP contribution in [0.4, 0.5) is 0 Å². The lowest BCUT2D eigenvalue weighted by Gasteiger charge is -2.02. The fourth-order valence-electron chi connectivity index (χ4n) is 1.52. The molecule has 5 heteroatoms. The van der Waals surface area contributed by atoms with Crippen molar-refractivity contribution < 1.29 is 23.8 Å². The largest absolute Gasteiger partial charge is 0.542 e. The van der Waals surface area contributed by atoms with Gasteiger partial charge in [-0.1, -0.05) is 12.1 Å². The minimum atomic E-state index is -1.38. The molecule has 1 heterocycles. The van der Waals surface area contributed by atoms with Crippen molar-refractivity contribution in [3.05, 3.63) is 47.7 Å². The first-order valence-corrected chi connectivity index (χ1v) is 5.12. The number of rotatable bonds is 3. The fourth-order valence-corrected chi connectivity index (χ4v) is 1.52. The second-order valence-corrected chi connectivity index (χ2v) is 3.52. The molecule has 1 aromatic carbocycles. The molecule has 0 radical (unpaired) electrons. The lowest BCUT2D eigenvalue weighted by atomic mass is 10.1. The summed E-state index contributed by atoms with van der Waals surface area (Å²) < 4.78 is 9.68. The monoisotopic (exact) mass is 245 g/mol. The number of aromatic carboxylic acids is 1. The summed E-state index contributed by atoms with van der Waals surface area (Å²) in [7, 11) is 1.29. The summed E-state index contributed by atoms with van der Waals surface area (Å²) in [6.45, 7) is 0. The molecule has 92 valence electrons. The van der Waals surface area contributed by atoms with Crippen LogP contribution in [-0.2, 0) is 4.74 Å². The summed E-state index contributed by atoms with van der Waals surface area (Å²) in [5.74, 6) is -1.76. The molecule has 1 aromatic heterocycles. The number of carbonyl (C=O) groups excluding carboxylic acids is 2. The van der Waals surface area contributed by atoms with Gasteiger partial charge in [0.05, 0.1) is 12.7 Å². The van der Waals surface area contributed by atoms with Gasteiger partial charge in [0.25, 0.3) is 0 Å². The van der Waals surface area contributed by atoms with Crippen LogP contribution in [0.2, 0.25) is 0 Å². The fraction of sp³-hybridized carbons (Fsp3) is 0.0769. The van der Waals surface area contributed by atoms with Crippen molar-refractivity contribution in [1.82, 2.24) is 0 Å². The third-order valence-corrected chi connectivity index (χ3v) is 2.38. The highest BCUT2D eigenvalue weighted by Gasteiger charge is 2.09. The summed E-state index contributed by atoms with van der Waals surface area (Å²) >= 11 is 0. The number of esters is 1. The van der Waals surface area contributed by atoms with Crippen LogP contribution in [0, 0.1) is 0 Å². The van der Waals surface area contributed by atoms with Crippen molar-refractivity contribution in [2.45, 2.75) is 0 Å². The van der Waals surface area contributed by atoms with Crippen molar-refractivity contribution in [1.29, 1.82) is 0 Å². The van der Waals surface area contributed by atoms with Gasteiger partial charge in [0, 0.05) is 5.56 Å². The van der Waals surface area contributed by atoms with Gasteiger partial charge in [-0.25, -0.2) is 4.79 Å². The summed E-state index contributed by atoms with van der Waals surface area (Å²) in [5, 5.41) is 10.6. The Bertz CT molecular complexity index is 597. The minimum absolute atomic E-state index is 0.256. The third kappa shape index (κ3) is 2.24. The normalized spacial score (nSPS) is 10.1. The number of hydrogen-bond acceptors (Lipinski definition) is 5. The van der Waals surface area contributed by atoms with Gasteiger partial charge in [-0.05, 0) is 24.3 Å². The Morgan fingerprint density at radius 2 is 2.00 bits per heavy atom. The number of ether oxygens (including phenoxy) is 1. The zero-order valence-electron chi connectivity index (χ0n) is 9.51. The molecule has 0 saturated carbocycles. The molecular formula is C13H9O5-. The van der Waals surface area contributed by atoms with E-state index in [4.69, 9.17) is 4.42 Å². The Hall–Kier alpha value is -2.56. The lowest BCUT2D eigenvalue weighted by molar-refractivity contribution is -0.257. The van der Waals surface area contributed by atoms with Crippen LogP contribution < -0.4 is 5.11 Å². The molecule has 2 rings (SSSR count). The van der Waals surface area contributed by atoms with Crippen molar-refractivity contribution in [3.63, 3.8) is 0 Å². The third-order valence-electron chi connectivity index (χ3n) is 2.38. The van der Waals surface area contributed by atoms with Crippen LogP contribution in [0.15, 0.2) is 40.8 Å². The molecule has 0 atom stereocenters. The molecule has 0 spiro atoms. The molecule has 0 N–H and O–H groups in total. The van der Waals surface area contributed by atoms with Crippen LogP contribution in [-0.4, -0.2) is 19.0 Å². The number of carbonyl (C=O) groups is 2. The van der Waals surface area contributed by atoms with Crippen molar-refractivity contribution in [3.8, 4) is 11.3 Å². The highest BCUT2D eigenvalue weighted by Crippen LogP contribution is 2.23. The Morgan fingerprint density at radius 1 is 1.22 bits per heavy atom. The molecule has 2 aromatic rings. The topological polar surface area (TPSA) is 79.6 Å². The van der Waals surface area contributed by atoms with E-state index in [2.05, 4.69) is 4.74 Å². The maximum absolute atomic E-state index is 11.4. The first kappa shape index (κ1) is 11.9. The number of methoxy groups -OCH3 is 1. The summed E-state index contributed by atoms with van der Waals surface area (Å²) in [4.78, 5) is 21.9. The molecule has 18 heavy (non-hydrogen) atoms. The second kappa shape index (κ2) is 4.75. The maximum Gasteiger partial charge on any atom is 0.337 e. The van der Waals surface area contributed by atoms with E-state index in [1.165, 1.54) is 19.2 Å². The Morgan fingerprint density at radius 3 is 2.61 bits per heavy atom. The molecule has 0 aliphatic rings. The summed E-state index contributed by atoms with van der Waals surface area (Å²) in [5.41, 5.74) is 0.951. The van der Waals surface area contributed by atoms with Gasteiger partial charge < -0.3 is 19.1 Å². The van der Waals surface area contributed by atoms with E-state index < -0.39 is 11.9 Å². The van der Waals surface area contributed by atoms with Gasteiger partial charge >= 0.3 is 5.97 Å². The standard InChI is InChI=1S/C13H10O5/c1-17-13(16)9-4-2-3-8(7-9)10-5-6-11(18-10)12(14)15/h2-7H,1H3,(H,14,15)/p-1. The number of hydrogen-bond donors (Lipinski definition) is 0. The molecular weight excluding hydrogens is 236 g/mol. The van der Waals surface area contributed by atoms with Gasteiger partial charge in [-0.15, -0.1) is 0 Å². The van der Waals surface area contributed by atoms with Gasteiger partial charge in [0.1, 0.15) is 17.5 Å². The van der Waals surface area contributed by atoms with Crippen molar-refractivity contribution >= 4 is 11.9 Å². The van der Waals surface area contributed by atoms with Gasteiger partial charge in [0.15, 0.2) is 0 Å². The van der Waals surface area contributed by atoms with E-state index in [0.29, 0.717) is 16.9 Å². The summed E-state index contributed by atoms with van der Waals surface area (Å²) in [6.07, 6.45) is 0. The minimum Gasteiger partial charge on any atom is -0.542 e. The molecule has 5 nitrogen and oxygen atoms in total. The highest BCUT2D eigenvalue weighted by molar-refractivity contribution is 5.91. The number of carboxylic acid groups (broad SMARTS) is 1. The van der Waals surface area contributed by atoms with Crippen molar-refractivity contribution in [2.24, 2.45) is 0 Å². The second-order valence-electron chi connectivity index (χ2n) is 3.52. The lowest BCUT2D eigenvalue weighted by Crippen LogP contribution is -2.21. The zero-order valence-corrected chi connectivity index (χ0v) is 9.51. The van der Waals surface area contributed by atoms with Crippen LogP contribution in [0.5, 0.6) is 0 Å².